The number of oxazole rings is 1. The molecule has 5 nitrogen and oxygen atoms in total. The summed E-state index contributed by atoms with van der Waals surface area (Å²) in [5.41, 5.74) is 9.75. The average molecular weight is 188 g/mol. The maximum absolute atomic E-state index is 8.26. The Labute approximate surface area is 80.0 Å². The second-order valence-electron chi connectivity index (χ2n) is 2.90. The van der Waals surface area contributed by atoms with Crippen LogP contribution in [0, 0.1) is 0 Å². The van der Waals surface area contributed by atoms with Crippen molar-refractivity contribution in [3.8, 4) is 0 Å². The molecule has 0 N–H and O–H groups in total. The standard InChI is InChI=1S/C9H8N4O/c1-6(12-13-10)9-11-7-4-2-3-5-8(7)14-9/h2-6H,1H3/t6-/m0/s1. The number of rotatable bonds is 2. The number of nitrogens with zero attached hydrogens (tertiary/aromatic N) is 4. The van der Waals surface area contributed by atoms with Crippen LogP contribution in [0.2, 0.25) is 0 Å². The van der Waals surface area contributed by atoms with Crippen LogP contribution in [0.5, 0.6) is 0 Å². The molecule has 2 rings (SSSR count). The van der Waals surface area contributed by atoms with Crippen LogP contribution in [0.1, 0.15) is 18.9 Å². The quantitative estimate of drug-likeness (QED) is 0.412. The van der Waals surface area contributed by atoms with Crippen LogP contribution in [-0.4, -0.2) is 4.98 Å². The van der Waals surface area contributed by atoms with Gasteiger partial charge in [0.2, 0.25) is 5.89 Å². The lowest BCUT2D eigenvalue weighted by atomic mass is 10.3. The van der Waals surface area contributed by atoms with Gasteiger partial charge < -0.3 is 4.42 Å². The van der Waals surface area contributed by atoms with Crippen LogP contribution in [0.3, 0.4) is 0 Å². The predicted octanol–water partition coefficient (Wildman–Crippen LogP) is 3.20. The van der Waals surface area contributed by atoms with Crippen LogP contribution in [0.25, 0.3) is 21.5 Å². The van der Waals surface area contributed by atoms with Crippen molar-refractivity contribution >= 4 is 11.1 Å². The van der Waals surface area contributed by atoms with Gasteiger partial charge in [-0.3, -0.25) is 0 Å². The van der Waals surface area contributed by atoms with Gasteiger partial charge in [-0.25, -0.2) is 4.98 Å². The second-order valence-corrected chi connectivity index (χ2v) is 2.90. The zero-order valence-electron chi connectivity index (χ0n) is 7.58. The van der Waals surface area contributed by atoms with E-state index in [2.05, 4.69) is 15.0 Å². The summed E-state index contributed by atoms with van der Waals surface area (Å²) in [5.74, 6) is 0.448. The molecule has 0 saturated heterocycles. The molecule has 5 heteroatoms. The highest BCUT2D eigenvalue weighted by molar-refractivity contribution is 5.72. The third-order valence-electron chi connectivity index (χ3n) is 1.89. The molecule has 0 fully saturated rings. The van der Waals surface area contributed by atoms with E-state index in [0.717, 1.165) is 5.52 Å². The molecule has 0 aliphatic rings. The molecule has 0 spiro atoms. The van der Waals surface area contributed by atoms with Gasteiger partial charge in [-0.05, 0) is 24.6 Å². The van der Waals surface area contributed by atoms with Crippen molar-refractivity contribution in [1.82, 2.24) is 4.98 Å². The van der Waals surface area contributed by atoms with Crippen LogP contribution in [0.15, 0.2) is 33.8 Å². The molecule has 1 aromatic heterocycles. The second kappa shape index (κ2) is 3.40. The number of benzene rings is 1. The summed E-state index contributed by atoms with van der Waals surface area (Å²) in [6.07, 6.45) is 0. The van der Waals surface area contributed by atoms with Crippen molar-refractivity contribution < 1.29 is 4.42 Å². The fourth-order valence-electron chi connectivity index (χ4n) is 1.20. The lowest BCUT2D eigenvalue weighted by molar-refractivity contribution is 0.492. The molecule has 0 unspecified atom stereocenters. The number of azide groups is 1. The Kier molecular flexibility index (Phi) is 2.08. The van der Waals surface area contributed by atoms with Gasteiger partial charge in [0.05, 0.1) is 0 Å². The molecular formula is C9H8N4O. The molecule has 1 heterocycles. The maximum Gasteiger partial charge on any atom is 0.204 e. The summed E-state index contributed by atoms with van der Waals surface area (Å²) in [5, 5.41) is 3.51. The van der Waals surface area contributed by atoms with Gasteiger partial charge in [0.1, 0.15) is 11.6 Å². The molecule has 0 aliphatic heterocycles. The Bertz CT molecular complexity index is 465. The Morgan fingerprint density at radius 1 is 1.50 bits per heavy atom. The molecule has 0 saturated carbocycles. The van der Waals surface area contributed by atoms with Crippen LogP contribution < -0.4 is 0 Å². The van der Waals surface area contributed by atoms with Crippen molar-refractivity contribution in [2.45, 2.75) is 13.0 Å². The lowest BCUT2D eigenvalue weighted by Crippen LogP contribution is -1.86. The Morgan fingerprint density at radius 2 is 2.29 bits per heavy atom. The number of para-hydroxylation sites is 2. The van der Waals surface area contributed by atoms with Crippen LogP contribution >= 0.6 is 0 Å². The van der Waals surface area contributed by atoms with Crippen molar-refractivity contribution in [2.75, 3.05) is 0 Å². The van der Waals surface area contributed by atoms with Crippen molar-refractivity contribution in [2.24, 2.45) is 5.11 Å². The predicted molar refractivity (Wildman–Crippen MR) is 51.6 cm³/mol. The van der Waals surface area contributed by atoms with Gasteiger partial charge >= 0.3 is 0 Å². The highest BCUT2D eigenvalue weighted by Crippen LogP contribution is 2.21. The van der Waals surface area contributed by atoms with Gasteiger partial charge in [-0.15, -0.1) is 0 Å². The van der Waals surface area contributed by atoms with Crippen molar-refractivity contribution in [1.29, 1.82) is 0 Å². The summed E-state index contributed by atoms with van der Waals surface area (Å²) in [4.78, 5) is 6.91. The van der Waals surface area contributed by atoms with Crippen LogP contribution in [-0.2, 0) is 0 Å². The summed E-state index contributed by atoms with van der Waals surface area (Å²) in [6, 6.07) is 7.06. The molecular weight excluding hydrogens is 180 g/mol. The van der Waals surface area contributed by atoms with E-state index in [1.807, 2.05) is 24.3 Å². The Hall–Kier alpha value is -2.00. The molecule has 0 aliphatic carbocycles. The first-order valence-corrected chi connectivity index (χ1v) is 4.21. The third-order valence-corrected chi connectivity index (χ3v) is 1.89. The first kappa shape index (κ1) is 8.59. The first-order valence-electron chi connectivity index (χ1n) is 4.21. The molecule has 0 bridgehead atoms. The minimum atomic E-state index is -0.368. The summed E-state index contributed by atoms with van der Waals surface area (Å²) in [6.45, 7) is 1.74. The Morgan fingerprint density at radius 3 is 3.00 bits per heavy atom. The summed E-state index contributed by atoms with van der Waals surface area (Å²) in [7, 11) is 0. The lowest BCUT2D eigenvalue weighted by Gasteiger charge is -1.94. The van der Waals surface area contributed by atoms with Gasteiger partial charge in [0, 0.05) is 4.91 Å². The van der Waals surface area contributed by atoms with Gasteiger partial charge in [0.25, 0.3) is 0 Å². The zero-order valence-corrected chi connectivity index (χ0v) is 7.58. The third kappa shape index (κ3) is 1.41. The fourth-order valence-corrected chi connectivity index (χ4v) is 1.20. The van der Waals surface area contributed by atoms with E-state index in [0.29, 0.717) is 11.5 Å². The average Bonchev–Trinajstić information content (AvgIpc) is 2.61. The molecule has 0 radical (unpaired) electrons. The maximum atomic E-state index is 8.26. The van der Waals surface area contributed by atoms with E-state index < -0.39 is 0 Å². The molecule has 1 aromatic carbocycles. The highest BCUT2D eigenvalue weighted by Gasteiger charge is 2.10. The van der Waals surface area contributed by atoms with Crippen molar-refractivity contribution in [3.63, 3.8) is 0 Å². The number of fused-ring (bicyclic) bond motifs is 1. The Balaban J connectivity index is 2.49. The van der Waals surface area contributed by atoms with E-state index in [1.165, 1.54) is 0 Å². The van der Waals surface area contributed by atoms with Gasteiger partial charge in [-0.2, -0.15) is 0 Å². The minimum Gasteiger partial charge on any atom is -0.440 e. The zero-order chi connectivity index (χ0) is 9.97. The normalized spacial score (nSPS) is 12.4. The highest BCUT2D eigenvalue weighted by atomic mass is 16.3. The van der Waals surface area contributed by atoms with Crippen LogP contribution in [0.4, 0.5) is 0 Å². The molecule has 14 heavy (non-hydrogen) atoms. The molecule has 0 amide bonds. The van der Waals surface area contributed by atoms with E-state index in [-0.39, 0.29) is 6.04 Å². The number of hydrogen-bond donors (Lipinski definition) is 0. The first-order chi connectivity index (χ1) is 6.81. The van der Waals surface area contributed by atoms with E-state index in [4.69, 9.17) is 9.95 Å². The van der Waals surface area contributed by atoms with E-state index >= 15 is 0 Å². The number of hydrogen-bond acceptors (Lipinski definition) is 3. The smallest absolute Gasteiger partial charge is 0.204 e. The van der Waals surface area contributed by atoms with Gasteiger partial charge in [0.15, 0.2) is 5.58 Å². The fraction of sp³-hybridized carbons (Fsp3) is 0.222. The number of aromatic nitrogens is 1. The minimum absolute atomic E-state index is 0.368. The van der Waals surface area contributed by atoms with Crippen molar-refractivity contribution in [3.05, 3.63) is 40.6 Å². The summed E-state index contributed by atoms with van der Waals surface area (Å²) < 4.78 is 5.41. The molecule has 2 aromatic rings. The van der Waals surface area contributed by atoms with E-state index in [9.17, 15) is 0 Å². The largest absolute Gasteiger partial charge is 0.440 e. The van der Waals surface area contributed by atoms with E-state index in [1.54, 1.807) is 6.92 Å². The summed E-state index contributed by atoms with van der Waals surface area (Å²) >= 11 is 0. The topological polar surface area (TPSA) is 74.8 Å². The molecule has 70 valence electrons. The molecule has 1 atom stereocenters. The van der Waals surface area contributed by atoms with Gasteiger partial charge in [-0.1, -0.05) is 17.2 Å². The SMILES string of the molecule is C[C@H](N=[N+]=[N-])c1nc2ccccc2o1. The monoisotopic (exact) mass is 188 g/mol.